The number of hydrogen-bond donors (Lipinski definition) is 1. The van der Waals surface area contributed by atoms with Crippen LogP contribution in [0.4, 0.5) is 0 Å². The Morgan fingerprint density at radius 2 is 1.75 bits per heavy atom. The van der Waals surface area contributed by atoms with Crippen LogP contribution in [0.1, 0.15) is 72.6 Å². The maximum absolute atomic E-state index is 3.81. The highest BCUT2D eigenvalue weighted by Crippen LogP contribution is 2.40. The molecule has 0 amide bonds. The number of hydrogen-bond acceptors (Lipinski definition) is 1. The Bertz CT molecular complexity index is 180. The maximum atomic E-state index is 3.81. The lowest BCUT2D eigenvalue weighted by atomic mass is 9.68. The molecule has 1 unspecified atom stereocenters. The molecule has 1 aliphatic rings. The molecular formula is C15H31N. The van der Waals surface area contributed by atoms with Gasteiger partial charge in [-0.1, -0.05) is 47.0 Å². The third kappa shape index (κ3) is 4.08. The number of rotatable bonds is 6. The molecule has 1 atom stereocenters. The van der Waals surface area contributed by atoms with Crippen molar-refractivity contribution in [2.24, 2.45) is 11.3 Å². The highest BCUT2D eigenvalue weighted by Gasteiger charge is 2.34. The molecule has 0 heterocycles. The Balaban J connectivity index is 2.57. The molecule has 0 saturated heterocycles. The van der Waals surface area contributed by atoms with Crippen LogP contribution in [0.5, 0.6) is 0 Å². The first-order valence-corrected chi connectivity index (χ1v) is 7.32. The molecule has 0 radical (unpaired) electrons. The maximum Gasteiger partial charge on any atom is 0.0123 e. The van der Waals surface area contributed by atoms with Gasteiger partial charge in [0.2, 0.25) is 0 Å². The van der Waals surface area contributed by atoms with Crippen molar-refractivity contribution >= 4 is 0 Å². The highest BCUT2D eigenvalue weighted by molar-refractivity contribution is 4.90. The Labute approximate surface area is 102 Å². The van der Waals surface area contributed by atoms with Gasteiger partial charge in [-0.2, -0.15) is 0 Å². The molecular weight excluding hydrogens is 194 g/mol. The first-order chi connectivity index (χ1) is 7.58. The van der Waals surface area contributed by atoms with Crippen LogP contribution in [0.25, 0.3) is 0 Å². The molecule has 1 heteroatoms. The van der Waals surface area contributed by atoms with Crippen LogP contribution >= 0.6 is 0 Å². The first kappa shape index (κ1) is 14.0. The van der Waals surface area contributed by atoms with Gasteiger partial charge in [-0.25, -0.2) is 0 Å². The van der Waals surface area contributed by atoms with Crippen molar-refractivity contribution < 1.29 is 0 Å². The second kappa shape index (κ2) is 6.64. The molecule has 0 aromatic heterocycles. The van der Waals surface area contributed by atoms with E-state index >= 15 is 0 Å². The summed E-state index contributed by atoms with van der Waals surface area (Å²) in [5, 5.41) is 3.81. The van der Waals surface area contributed by atoms with Gasteiger partial charge < -0.3 is 5.32 Å². The summed E-state index contributed by atoms with van der Waals surface area (Å²) in [6, 6.07) is 0.743. The lowest BCUT2D eigenvalue weighted by Crippen LogP contribution is -2.45. The third-order valence-electron chi connectivity index (χ3n) is 4.18. The van der Waals surface area contributed by atoms with Gasteiger partial charge in [0.05, 0.1) is 0 Å². The zero-order valence-corrected chi connectivity index (χ0v) is 11.8. The average molecular weight is 225 g/mol. The second-order valence-corrected chi connectivity index (χ2v) is 6.35. The SMILES string of the molecule is CCCNC(CC(C)C)C1(C)CCCCC1. The van der Waals surface area contributed by atoms with E-state index in [1.54, 1.807) is 0 Å². The summed E-state index contributed by atoms with van der Waals surface area (Å²) in [5.41, 5.74) is 0.567. The minimum absolute atomic E-state index is 0.567. The number of nitrogens with one attached hydrogen (secondary N) is 1. The van der Waals surface area contributed by atoms with E-state index in [2.05, 4.69) is 33.0 Å². The molecule has 16 heavy (non-hydrogen) atoms. The Morgan fingerprint density at radius 1 is 1.12 bits per heavy atom. The van der Waals surface area contributed by atoms with Crippen molar-refractivity contribution in [1.82, 2.24) is 5.32 Å². The molecule has 1 fully saturated rings. The standard InChI is InChI=1S/C15H31N/c1-5-11-16-14(12-13(2)3)15(4)9-7-6-8-10-15/h13-14,16H,5-12H2,1-4H3. The van der Waals surface area contributed by atoms with Crippen LogP contribution in [0, 0.1) is 11.3 Å². The summed E-state index contributed by atoms with van der Waals surface area (Å²) in [5.74, 6) is 0.813. The zero-order valence-electron chi connectivity index (χ0n) is 11.8. The van der Waals surface area contributed by atoms with Crippen LogP contribution in [-0.2, 0) is 0 Å². The molecule has 1 aliphatic carbocycles. The van der Waals surface area contributed by atoms with Gasteiger partial charge in [0, 0.05) is 6.04 Å². The fourth-order valence-electron chi connectivity index (χ4n) is 3.11. The van der Waals surface area contributed by atoms with E-state index in [4.69, 9.17) is 0 Å². The largest absolute Gasteiger partial charge is 0.313 e. The second-order valence-electron chi connectivity index (χ2n) is 6.35. The Morgan fingerprint density at radius 3 is 2.25 bits per heavy atom. The molecule has 0 spiro atoms. The lowest BCUT2D eigenvalue weighted by Gasteiger charge is -2.42. The molecule has 1 rings (SSSR count). The van der Waals surface area contributed by atoms with E-state index in [9.17, 15) is 0 Å². The van der Waals surface area contributed by atoms with Crippen molar-refractivity contribution in [2.75, 3.05) is 6.54 Å². The van der Waals surface area contributed by atoms with Gasteiger partial charge in [0.15, 0.2) is 0 Å². The average Bonchev–Trinajstić information content (AvgIpc) is 2.24. The summed E-state index contributed by atoms with van der Waals surface area (Å²) in [7, 11) is 0. The Kier molecular flexibility index (Phi) is 5.82. The van der Waals surface area contributed by atoms with Crippen LogP contribution < -0.4 is 5.32 Å². The summed E-state index contributed by atoms with van der Waals surface area (Å²) in [6.45, 7) is 10.7. The monoisotopic (exact) mass is 225 g/mol. The van der Waals surface area contributed by atoms with E-state index in [0.717, 1.165) is 12.0 Å². The fourth-order valence-corrected chi connectivity index (χ4v) is 3.11. The summed E-state index contributed by atoms with van der Waals surface area (Å²) in [4.78, 5) is 0. The van der Waals surface area contributed by atoms with Crippen LogP contribution in [0.15, 0.2) is 0 Å². The van der Waals surface area contributed by atoms with E-state index in [0.29, 0.717) is 5.41 Å². The van der Waals surface area contributed by atoms with E-state index < -0.39 is 0 Å². The third-order valence-corrected chi connectivity index (χ3v) is 4.18. The molecule has 96 valence electrons. The molecule has 0 aliphatic heterocycles. The van der Waals surface area contributed by atoms with Crippen molar-refractivity contribution in [1.29, 1.82) is 0 Å². The highest BCUT2D eigenvalue weighted by atomic mass is 14.9. The van der Waals surface area contributed by atoms with Gasteiger partial charge in [0.25, 0.3) is 0 Å². The normalized spacial score (nSPS) is 22.3. The summed E-state index contributed by atoms with van der Waals surface area (Å²) < 4.78 is 0. The van der Waals surface area contributed by atoms with Crippen molar-refractivity contribution in [3.8, 4) is 0 Å². The summed E-state index contributed by atoms with van der Waals surface area (Å²) >= 11 is 0. The smallest absolute Gasteiger partial charge is 0.0123 e. The van der Waals surface area contributed by atoms with Crippen molar-refractivity contribution in [3.63, 3.8) is 0 Å². The predicted octanol–water partition coefficient (Wildman–Crippen LogP) is 4.37. The van der Waals surface area contributed by atoms with E-state index in [-0.39, 0.29) is 0 Å². The molecule has 0 aromatic rings. The van der Waals surface area contributed by atoms with Gasteiger partial charge in [-0.05, 0) is 43.6 Å². The zero-order chi connectivity index (χ0) is 12.0. The van der Waals surface area contributed by atoms with Gasteiger partial charge in [0.1, 0.15) is 0 Å². The van der Waals surface area contributed by atoms with Crippen molar-refractivity contribution in [3.05, 3.63) is 0 Å². The van der Waals surface area contributed by atoms with E-state index in [1.807, 2.05) is 0 Å². The van der Waals surface area contributed by atoms with E-state index in [1.165, 1.54) is 51.5 Å². The summed E-state index contributed by atoms with van der Waals surface area (Å²) in [6.07, 6.45) is 9.80. The van der Waals surface area contributed by atoms with Crippen LogP contribution in [-0.4, -0.2) is 12.6 Å². The minimum atomic E-state index is 0.567. The van der Waals surface area contributed by atoms with Crippen molar-refractivity contribution in [2.45, 2.75) is 78.7 Å². The fraction of sp³-hybridized carbons (Fsp3) is 1.00. The molecule has 1 saturated carbocycles. The van der Waals surface area contributed by atoms with Gasteiger partial charge in [-0.15, -0.1) is 0 Å². The molecule has 0 aromatic carbocycles. The lowest BCUT2D eigenvalue weighted by molar-refractivity contribution is 0.128. The van der Waals surface area contributed by atoms with Gasteiger partial charge in [-0.3, -0.25) is 0 Å². The molecule has 0 bridgehead atoms. The first-order valence-electron chi connectivity index (χ1n) is 7.32. The van der Waals surface area contributed by atoms with Gasteiger partial charge >= 0.3 is 0 Å². The van der Waals surface area contributed by atoms with Crippen LogP contribution in [0.3, 0.4) is 0 Å². The minimum Gasteiger partial charge on any atom is -0.313 e. The Hall–Kier alpha value is -0.0400. The molecule has 1 N–H and O–H groups in total. The topological polar surface area (TPSA) is 12.0 Å². The molecule has 1 nitrogen and oxygen atoms in total. The predicted molar refractivity (Wildman–Crippen MR) is 72.7 cm³/mol. The quantitative estimate of drug-likeness (QED) is 0.708. The van der Waals surface area contributed by atoms with Crippen LogP contribution in [0.2, 0.25) is 0 Å².